The molecule has 2 aromatic carbocycles. The number of halogens is 1. The Kier molecular flexibility index (Phi) is 6.63. The Labute approximate surface area is 160 Å². The van der Waals surface area contributed by atoms with E-state index in [-0.39, 0.29) is 18.3 Å². The number of carbonyl (C=O) groups excluding carboxylic acids is 1. The first-order valence-electron chi connectivity index (χ1n) is 7.49. The molecule has 2 aromatic rings. The van der Waals surface area contributed by atoms with Crippen molar-refractivity contribution in [2.45, 2.75) is 13.8 Å². The Morgan fingerprint density at radius 3 is 2.64 bits per heavy atom. The summed E-state index contributed by atoms with van der Waals surface area (Å²) < 4.78 is 11.3. The number of benzene rings is 2. The number of carbonyl (C=O) groups is 1. The number of aryl methyl sites for hydroxylation is 2. The van der Waals surface area contributed by atoms with Crippen molar-refractivity contribution in [2.75, 3.05) is 13.7 Å². The molecule has 25 heavy (non-hydrogen) atoms. The topological polar surface area (TPSA) is 80.2 Å². The first-order chi connectivity index (χ1) is 11.9. The van der Waals surface area contributed by atoms with Crippen molar-refractivity contribution in [3.63, 3.8) is 0 Å². The number of amides is 1. The highest BCUT2D eigenvalue weighted by Crippen LogP contribution is 2.31. The molecule has 0 heterocycles. The van der Waals surface area contributed by atoms with Gasteiger partial charge in [-0.05, 0) is 65.3 Å². The maximum Gasteiger partial charge on any atom is 0.277 e. The molecule has 0 fully saturated rings. The predicted octanol–water partition coefficient (Wildman–Crippen LogP) is 3.15. The number of phenolic OH excluding ortho intramolecular Hbond substituents is 1. The van der Waals surface area contributed by atoms with E-state index in [9.17, 15) is 9.90 Å². The van der Waals surface area contributed by atoms with E-state index in [0.717, 1.165) is 11.1 Å². The zero-order chi connectivity index (χ0) is 18.4. The number of nitrogens with zero attached hydrogens (tertiary/aromatic N) is 1. The van der Waals surface area contributed by atoms with Crippen LogP contribution in [0.4, 0.5) is 0 Å². The van der Waals surface area contributed by atoms with Gasteiger partial charge < -0.3 is 14.6 Å². The molecular weight excluding hydrogens is 435 g/mol. The number of phenols is 1. The Balaban J connectivity index is 1.94. The molecule has 0 saturated heterocycles. The number of rotatable bonds is 6. The van der Waals surface area contributed by atoms with Gasteiger partial charge in [0.25, 0.3) is 5.91 Å². The van der Waals surface area contributed by atoms with Crippen LogP contribution < -0.4 is 14.9 Å². The van der Waals surface area contributed by atoms with Gasteiger partial charge >= 0.3 is 0 Å². The number of methoxy groups -OCH3 is 1. The lowest BCUT2D eigenvalue weighted by molar-refractivity contribution is -0.123. The second kappa shape index (κ2) is 8.70. The summed E-state index contributed by atoms with van der Waals surface area (Å²) in [6.45, 7) is 3.73. The van der Waals surface area contributed by atoms with Crippen LogP contribution in [0, 0.1) is 17.4 Å². The molecule has 2 N–H and O–H groups in total. The van der Waals surface area contributed by atoms with Crippen molar-refractivity contribution >= 4 is 34.7 Å². The third-order valence-corrected chi connectivity index (χ3v) is 4.25. The lowest BCUT2D eigenvalue weighted by atomic mass is 10.1. The minimum absolute atomic E-state index is 0.0753. The van der Waals surface area contributed by atoms with Crippen LogP contribution in [0.15, 0.2) is 35.4 Å². The normalized spacial score (nSPS) is 10.7. The number of hydrogen-bond donors (Lipinski definition) is 2. The van der Waals surface area contributed by atoms with Gasteiger partial charge in [-0.25, -0.2) is 5.43 Å². The van der Waals surface area contributed by atoms with Crippen LogP contribution in [0.5, 0.6) is 17.2 Å². The third kappa shape index (κ3) is 5.09. The maximum absolute atomic E-state index is 11.9. The average molecular weight is 454 g/mol. The third-order valence-electron chi connectivity index (χ3n) is 3.43. The highest BCUT2D eigenvalue weighted by atomic mass is 127. The molecule has 0 radical (unpaired) electrons. The van der Waals surface area contributed by atoms with E-state index in [1.807, 2.05) is 54.6 Å². The predicted molar refractivity (Wildman–Crippen MR) is 105 cm³/mol. The molecule has 0 atom stereocenters. The van der Waals surface area contributed by atoms with Gasteiger partial charge in [0.1, 0.15) is 5.75 Å². The van der Waals surface area contributed by atoms with Crippen LogP contribution in [-0.2, 0) is 4.79 Å². The van der Waals surface area contributed by atoms with Gasteiger partial charge in [-0.15, -0.1) is 0 Å². The Hall–Kier alpha value is -2.29. The van der Waals surface area contributed by atoms with Gasteiger partial charge in [-0.3, -0.25) is 4.79 Å². The minimum Gasteiger partial charge on any atom is -0.504 e. The van der Waals surface area contributed by atoms with E-state index in [1.165, 1.54) is 13.3 Å². The first kappa shape index (κ1) is 19.0. The number of nitrogens with one attached hydrogen (secondary N) is 1. The van der Waals surface area contributed by atoms with Crippen molar-refractivity contribution in [3.8, 4) is 17.2 Å². The van der Waals surface area contributed by atoms with Gasteiger partial charge in [-0.1, -0.05) is 18.2 Å². The van der Waals surface area contributed by atoms with Crippen molar-refractivity contribution in [1.82, 2.24) is 5.43 Å². The van der Waals surface area contributed by atoms with Gasteiger partial charge in [0.05, 0.1) is 16.9 Å². The van der Waals surface area contributed by atoms with Crippen LogP contribution in [0.2, 0.25) is 0 Å². The molecule has 0 aliphatic heterocycles. The number of hydrogen-bond acceptors (Lipinski definition) is 5. The molecule has 2 rings (SSSR count). The van der Waals surface area contributed by atoms with Gasteiger partial charge in [0.2, 0.25) is 0 Å². The molecular formula is C18H19IN2O4. The summed E-state index contributed by atoms with van der Waals surface area (Å²) >= 11 is 1.99. The molecule has 0 saturated carbocycles. The van der Waals surface area contributed by atoms with Crippen molar-refractivity contribution in [3.05, 3.63) is 50.6 Å². The van der Waals surface area contributed by atoms with E-state index in [0.29, 0.717) is 20.6 Å². The first-order valence-corrected chi connectivity index (χ1v) is 8.57. The number of ether oxygens (including phenoxy) is 2. The standard InChI is InChI=1S/C18H19IN2O4/c1-11-5-4-6-12(2)18(11)25-10-16(22)21-20-9-13-7-14(19)17(23)15(8-13)24-3/h4-9,23H,10H2,1-3H3,(H,21,22)/b20-9+. The van der Waals surface area contributed by atoms with E-state index >= 15 is 0 Å². The van der Waals surface area contributed by atoms with E-state index in [2.05, 4.69) is 10.5 Å². The van der Waals surface area contributed by atoms with E-state index in [4.69, 9.17) is 9.47 Å². The summed E-state index contributed by atoms with van der Waals surface area (Å²) in [6.07, 6.45) is 1.47. The summed E-state index contributed by atoms with van der Waals surface area (Å²) in [5.74, 6) is 0.767. The van der Waals surface area contributed by atoms with E-state index < -0.39 is 0 Å². The second-order valence-corrected chi connectivity index (χ2v) is 6.52. The zero-order valence-corrected chi connectivity index (χ0v) is 16.3. The Bertz CT molecular complexity index is 786. The molecule has 0 aliphatic carbocycles. The number of aromatic hydroxyl groups is 1. The smallest absolute Gasteiger partial charge is 0.277 e. The molecule has 0 unspecified atom stereocenters. The van der Waals surface area contributed by atoms with Crippen LogP contribution in [0.3, 0.4) is 0 Å². The fourth-order valence-electron chi connectivity index (χ4n) is 2.20. The summed E-state index contributed by atoms with van der Waals surface area (Å²) in [7, 11) is 1.47. The quantitative estimate of drug-likeness (QED) is 0.400. The fraction of sp³-hybridized carbons (Fsp3) is 0.222. The lowest BCUT2D eigenvalue weighted by Crippen LogP contribution is -2.25. The highest BCUT2D eigenvalue weighted by molar-refractivity contribution is 14.1. The molecule has 1 amide bonds. The molecule has 0 aromatic heterocycles. The average Bonchev–Trinajstić information content (AvgIpc) is 2.57. The Morgan fingerprint density at radius 2 is 2.00 bits per heavy atom. The molecule has 7 heteroatoms. The highest BCUT2D eigenvalue weighted by Gasteiger charge is 2.08. The van der Waals surface area contributed by atoms with E-state index in [1.54, 1.807) is 12.1 Å². The SMILES string of the molecule is COc1cc(/C=N/NC(=O)COc2c(C)cccc2C)cc(I)c1O. The van der Waals surface area contributed by atoms with Gasteiger partial charge in [0, 0.05) is 0 Å². The summed E-state index contributed by atoms with van der Waals surface area (Å²) in [5.41, 5.74) is 5.05. The van der Waals surface area contributed by atoms with Gasteiger partial charge in [-0.2, -0.15) is 5.10 Å². The molecule has 6 nitrogen and oxygen atoms in total. The largest absolute Gasteiger partial charge is 0.504 e. The van der Waals surface area contributed by atoms with Crippen LogP contribution in [0.1, 0.15) is 16.7 Å². The maximum atomic E-state index is 11.9. The van der Waals surface area contributed by atoms with Gasteiger partial charge in [0.15, 0.2) is 18.1 Å². The summed E-state index contributed by atoms with van der Waals surface area (Å²) in [5, 5.41) is 13.7. The molecule has 132 valence electrons. The zero-order valence-electron chi connectivity index (χ0n) is 14.2. The number of para-hydroxylation sites is 1. The van der Waals surface area contributed by atoms with Crippen molar-refractivity contribution in [2.24, 2.45) is 5.10 Å². The molecule has 0 aliphatic rings. The van der Waals surface area contributed by atoms with Crippen LogP contribution in [0.25, 0.3) is 0 Å². The molecule has 0 bridgehead atoms. The number of hydrazone groups is 1. The summed E-state index contributed by atoms with van der Waals surface area (Å²) in [6, 6.07) is 9.15. The fourth-order valence-corrected chi connectivity index (χ4v) is 2.82. The lowest BCUT2D eigenvalue weighted by Gasteiger charge is -2.10. The van der Waals surface area contributed by atoms with Crippen molar-refractivity contribution in [1.29, 1.82) is 0 Å². The molecule has 0 spiro atoms. The second-order valence-electron chi connectivity index (χ2n) is 5.36. The monoisotopic (exact) mass is 454 g/mol. The van der Waals surface area contributed by atoms with Crippen LogP contribution >= 0.6 is 22.6 Å². The van der Waals surface area contributed by atoms with Crippen LogP contribution in [-0.4, -0.2) is 30.9 Å². The summed E-state index contributed by atoms with van der Waals surface area (Å²) in [4.78, 5) is 11.9. The minimum atomic E-state index is -0.362. The van der Waals surface area contributed by atoms with Crippen molar-refractivity contribution < 1.29 is 19.4 Å². The Morgan fingerprint density at radius 1 is 1.32 bits per heavy atom.